The van der Waals surface area contributed by atoms with E-state index >= 15 is 0 Å². The van der Waals surface area contributed by atoms with Crippen molar-refractivity contribution in [3.63, 3.8) is 0 Å². The van der Waals surface area contributed by atoms with E-state index in [1.165, 1.54) is 24.3 Å². The number of aliphatic carboxylic acids is 1. The van der Waals surface area contributed by atoms with E-state index in [4.69, 9.17) is 6.52 Å². The molecular weight excluding hydrogens is 332 g/mol. The first-order valence-electron chi connectivity index (χ1n) is 7.85. The molecule has 0 bridgehead atoms. The van der Waals surface area contributed by atoms with Gasteiger partial charge in [-0.3, -0.25) is 9.59 Å². The Morgan fingerprint density at radius 1 is 1.25 bits per heavy atom. The summed E-state index contributed by atoms with van der Waals surface area (Å²) in [4.78, 5) is 35.6. The van der Waals surface area contributed by atoms with Gasteiger partial charge >= 0.3 is 5.97 Å². The molecule has 8 heteroatoms. The molecule has 0 spiro atoms. The predicted octanol–water partition coefficient (Wildman–Crippen LogP) is 0.575. The van der Waals surface area contributed by atoms with Crippen LogP contribution < -0.4 is 10.6 Å². The molecule has 24 heavy (non-hydrogen) atoms. The van der Waals surface area contributed by atoms with E-state index in [9.17, 15) is 19.5 Å². The molecule has 0 aromatic heterocycles. The highest BCUT2D eigenvalue weighted by Crippen LogP contribution is 2.10. The summed E-state index contributed by atoms with van der Waals surface area (Å²) in [6, 6.07) is 3.58. The summed E-state index contributed by atoms with van der Waals surface area (Å²) in [5.74, 6) is -3.00. The molecule has 0 aliphatic carbocycles. The van der Waals surface area contributed by atoms with Crippen LogP contribution in [0.2, 0.25) is 1.41 Å². The molecule has 4 N–H and O–H groups in total. The summed E-state index contributed by atoms with van der Waals surface area (Å²) in [6.45, 7) is 3.28. The number of phenolic OH excluding ortho intramolecular Hbond substituents is 1. The monoisotopic (exact) mass is 355 g/mol. The highest BCUT2D eigenvalue weighted by atomic mass is 32.1. The van der Waals surface area contributed by atoms with Gasteiger partial charge in [-0.25, -0.2) is 4.79 Å². The van der Waals surface area contributed by atoms with E-state index in [-0.39, 0.29) is 23.8 Å². The molecule has 0 heterocycles. The number of benzene rings is 1. The van der Waals surface area contributed by atoms with Crippen molar-refractivity contribution in [3.05, 3.63) is 29.8 Å². The number of amides is 2. The van der Waals surface area contributed by atoms with E-state index in [0.717, 1.165) is 0 Å². The van der Waals surface area contributed by atoms with Crippen molar-refractivity contribution in [2.24, 2.45) is 5.92 Å². The quantitative estimate of drug-likeness (QED) is 0.437. The Balaban J connectivity index is 2.79. The second kappa shape index (κ2) is 9.17. The van der Waals surface area contributed by atoms with Crippen LogP contribution in [0.25, 0.3) is 0 Å². The first kappa shape index (κ1) is 18.1. The second-order valence-corrected chi connectivity index (χ2v) is 6.00. The summed E-state index contributed by atoms with van der Waals surface area (Å²) < 4.78 is 7.89. The van der Waals surface area contributed by atoms with Crippen molar-refractivity contribution >= 4 is 30.4 Å². The van der Waals surface area contributed by atoms with Gasteiger partial charge in [-0.2, -0.15) is 12.6 Å². The number of hydrogen-bond acceptors (Lipinski definition) is 5. The average molecular weight is 355 g/mol. The lowest BCUT2D eigenvalue weighted by Crippen LogP contribution is -2.54. The average Bonchev–Trinajstić information content (AvgIpc) is 2.54. The molecule has 2 amide bonds. The third kappa shape index (κ3) is 6.11. The molecule has 1 aromatic carbocycles. The lowest BCUT2D eigenvalue weighted by Gasteiger charge is -2.22. The normalized spacial score (nSPS) is 13.8. The number of hydrogen-bond donors (Lipinski definition) is 5. The number of aromatic hydroxyl groups is 1. The van der Waals surface area contributed by atoms with Gasteiger partial charge in [0.2, 0.25) is 11.8 Å². The lowest BCUT2D eigenvalue weighted by atomic mass is 10.0. The van der Waals surface area contributed by atoms with Crippen LogP contribution in [0.15, 0.2) is 24.3 Å². The van der Waals surface area contributed by atoms with Crippen LogP contribution in [0, 0.1) is 5.92 Å². The molecule has 0 aliphatic heterocycles. The number of carboxylic acids is 1. The third-order valence-electron chi connectivity index (χ3n) is 3.30. The van der Waals surface area contributed by atoms with Gasteiger partial charge in [0, 0.05) is 5.75 Å². The van der Waals surface area contributed by atoms with Crippen LogP contribution in [0.3, 0.4) is 0 Å². The molecule has 0 unspecified atom stereocenters. The zero-order valence-corrected chi connectivity index (χ0v) is 14.4. The molecule has 0 radical (unpaired) electrons. The van der Waals surface area contributed by atoms with Crippen LogP contribution in [0.5, 0.6) is 5.75 Å². The zero-order chi connectivity index (χ0) is 19.1. The summed E-state index contributed by atoms with van der Waals surface area (Å²) in [5, 5.41) is 21.2. The van der Waals surface area contributed by atoms with Crippen molar-refractivity contribution in [2.45, 2.75) is 32.4 Å². The largest absolute Gasteiger partial charge is 0.508 e. The van der Waals surface area contributed by atoms with Crippen LogP contribution in [-0.4, -0.2) is 45.8 Å². The minimum Gasteiger partial charge on any atom is -0.508 e. The molecule has 0 saturated carbocycles. The molecule has 1 rings (SSSR count). The van der Waals surface area contributed by atoms with Gasteiger partial charge in [-0.15, -0.1) is 0 Å². The Morgan fingerprint density at radius 3 is 2.29 bits per heavy atom. The number of carbonyl (C=O) groups excluding carboxylic acids is 2. The first-order chi connectivity index (χ1) is 11.7. The maximum Gasteiger partial charge on any atom is 0.326 e. The van der Waals surface area contributed by atoms with Gasteiger partial charge in [-0.05, 0) is 23.6 Å². The van der Waals surface area contributed by atoms with Crippen LogP contribution in [0.1, 0.15) is 19.4 Å². The smallest absolute Gasteiger partial charge is 0.326 e. The Labute approximate surface area is 147 Å². The molecule has 0 fully saturated rings. The van der Waals surface area contributed by atoms with Gasteiger partial charge in [0.25, 0.3) is 0 Å². The Bertz CT molecular complexity index is 623. The number of thiol groups is 1. The highest BCUT2D eigenvalue weighted by Gasteiger charge is 2.27. The van der Waals surface area contributed by atoms with Crippen molar-refractivity contribution < 1.29 is 26.0 Å². The standard InChI is InChI=1S/C16H22N2O5S/c1-9(2)14(16(22)23)18-15(21)12(8-24)17-13(20)7-10-3-5-11(19)6-4-10/h3-6,9,12,14,19,24H,7-8H2,1-2H3,(H,17,20)(H,18,21)(H,22,23)/t12-,14-/m0/s1/i/hD. The molecular formula is C16H22N2O5S. The van der Waals surface area contributed by atoms with E-state index in [1.807, 2.05) is 0 Å². The number of phenols is 1. The molecule has 0 aliphatic rings. The summed E-state index contributed by atoms with van der Waals surface area (Å²) in [7, 11) is 0. The van der Waals surface area contributed by atoms with E-state index in [2.05, 4.69) is 17.9 Å². The SMILES string of the molecule is [2H]N(C(=O)Cc1ccc(O)cc1)[C@@H](CS)C(=O)N[C@H](C(=O)O)C(C)C. The number of nitrogens with one attached hydrogen (secondary N) is 2. The maximum absolute atomic E-state index is 12.3. The van der Waals surface area contributed by atoms with Crippen molar-refractivity contribution in [1.29, 1.82) is 0 Å². The topological polar surface area (TPSA) is 116 Å². The van der Waals surface area contributed by atoms with Crippen molar-refractivity contribution in [3.8, 4) is 5.75 Å². The Hall–Kier alpha value is -2.22. The van der Waals surface area contributed by atoms with Crippen molar-refractivity contribution in [2.75, 3.05) is 5.75 Å². The van der Waals surface area contributed by atoms with Crippen LogP contribution >= 0.6 is 12.6 Å². The van der Waals surface area contributed by atoms with E-state index in [0.29, 0.717) is 10.9 Å². The highest BCUT2D eigenvalue weighted by molar-refractivity contribution is 7.80. The fourth-order valence-corrected chi connectivity index (χ4v) is 2.20. The molecule has 1 aromatic rings. The minimum absolute atomic E-state index is 0.0555. The minimum atomic E-state index is -1.21. The van der Waals surface area contributed by atoms with Crippen LogP contribution in [-0.2, 0) is 20.8 Å². The molecule has 0 saturated heterocycles. The fourth-order valence-electron chi connectivity index (χ4n) is 1.95. The van der Waals surface area contributed by atoms with Gasteiger partial charge in [0.1, 0.15) is 17.8 Å². The van der Waals surface area contributed by atoms with Crippen molar-refractivity contribution in [1.82, 2.24) is 10.6 Å². The molecule has 132 valence electrons. The van der Waals surface area contributed by atoms with Gasteiger partial charge < -0.3 is 20.8 Å². The Morgan fingerprint density at radius 2 is 1.83 bits per heavy atom. The van der Waals surface area contributed by atoms with Gasteiger partial charge in [0.05, 0.1) is 6.42 Å². The number of carbonyl (C=O) groups is 3. The van der Waals surface area contributed by atoms with E-state index in [1.54, 1.807) is 13.8 Å². The zero-order valence-electron chi connectivity index (χ0n) is 14.5. The number of rotatable bonds is 8. The third-order valence-corrected chi connectivity index (χ3v) is 3.64. The molecule has 2 atom stereocenters. The Kier molecular flexibility index (Phi) is 6.92. The summed E-state index contributed by atoms with van der Waals surface area (Å²) >= 11 is 4.00. The summed E-state index contributed by atoms with van der Waals surface area (Å²) in [5.41, 5.74) is 0.573. The maximum atomic E-state index is 12.3. The van der Waals surface area contributed by atoms with Crippen LogP contribution in [0.4, 0.5) is 0 Å². The second-order valence-electron chi connectivity index (χ2n) is 5.63. The van der Waals surface area contributed by atoms with Gasteiger partial charge in [-0.1, -0.05) is 26.0 Å². The summed E-state index contributed by atoms with van der Waals surface area (Å²) in [6.07, 6.45) is -0.131. The predicted molar refractivity (Wildman–Crippen MR) is 92.0 cm³/mol. The lowest BCUT2D eigenvalue weighted by molar-refractivity contribution is -0.143. The van der Waals surface area contributed by atoms with E-state index < -0.39 is 29.9 Å². The first-order valence-corrected chi connectivity index (χ1v) is 8.03. The van der Waals surface area contributed by atoms with Gasteiger partial charge in [0.15, 0.2) is 1.41 Å². The number of carboxylic acid groups (broad SMARTS) is 1. The fraction of sp³-hybridized carbons (Fsp3) is 0.438. The molecule has 7 nitrogen and oxygen atoms in total.